The molecule has 0 atom stereocenters. The van der Waals surface area contributed by atoms with Crippen molar-refractivity contribution in [2.45, 2.75) is 20.1 Å². The van der Waals surface area contributed by atoms with Crippen LogP contribution in [0.25, 0.3) is 0 Å². The molecule has 1 aromatic rings. The molecule has 0 unspecified atom stereocenters. The largest absolute Gasteiger partial charge is 0.506 e. The number of halogens is 1. The van der Waals surface area contributed by atoms with E-state index < -0.39 is 0 Å². The maximum atomic E-state index is 9.48. The van der Waals surface area contributed by atoms with E-state index in [9.17, 15) is 5.11 Å². The summed E-state index contributed by atoms with van der Waals surface area (Å²) >= 11 is 3.14. The van der Waals surface area contributed by atoms with Crippen molar-refractivity contribution in [2.75, 3.05) is 0 Å². The van der Waals surface area contributed by atoms with Gasteiger partial charge in [0.2, 0.25) is 0 Å². The summed E-state index contributed by atoms with van der Waals surface area (Å²) in [4.78, 5) is 3.95. The standard InChI is InChI=1S/C8H10BrNO3/c1-4-7(13)5(2-11)6(3-12)8(9)10-4/h11-13H,2-3H2,1H3. The van der Waals surface area contributed by atoms with Gasteiger partial charge < -0.3 is 15.3 Å². The number of aliphatic hydroxyl groups excluding tert-OH is 2. The molecular formula is C8H10BrNO3. The highest BCUT2D eigenvalue weighted by Crippen LogP contribution is 2.29. The summed E-state index contributed by atoms with van der Waals surface area (Å²) in [5.41, 5.74) is 1.17. The van der Waals surface area contributed by atoms with Gasteiger partial charge in [-0.1, -0.05) is 0 Å². The second-order valence-electron chi connectivity index (χ2n) is 2.61. The minimum absolute atomic E-state index is 0.0604. The Morgan fingerprint density at radius 3 is 2.23 bits per heavy atom. The zero-order valence-electron chi connectivity index (χ0n) is 7.08. The van der Waals surface area contributed by atoms with Crippen molar-refractivity contribution < 1.29 is 15.3 Å². The van der Waals surface area contributed by atoms with Crippen LogP contribution in [0.2, 0.25) is 0 Å². The van der Waals surface area contributed by atoms with Crippen LogP contribution in [0.15, 0.2) is 4.60 Å². The molecule has 0 aliphatic rings. The molecule has 0 radical (unpaired) electrons. The molecule has 1 heterocycles. The molecule has 72 valence electrons. The molecule has 0 aliphatic heterocycles. The number of hydrogen-bond acceptors (Lipinski definition) is 4. The van der Waals surface area contributed by atoms with Crippen LogP contribution in [0.1, 0.15) is 16.8 Å². The monoisotopic (exact) mass is 247 g/mol. The summed E-state index contributed by atoms with van der Waals surface area (Å²) in [6, 6.07) is 0. The van der Waals surface area contributed by atoms with E-state index in [1.54, 1.807) is 6.92 Å². The first-order chi connectivity index (χ1) is 6.11. The molecule has 1 rings (SSSR count). The normalized spacial score (nSPS) is 10.5. The van der Waals surface area contributed by atoms with Crippen LogP contribution in [-0.4, -0.2) is 20.3 Å². The lowest BCUT2D eigenvalue weighted by Gasteiger charge is -2.10. The molecule has 5 heteroatoms. The first-order valence-corrected chi connectivity index (χ1v) is 4.49. The third kappa shape index (κ3) is 1.82. The predicted molar refractivity (Wildman–Crippen MR) is 50.2 cm³/mol. The van der Waals surface area contributed by atoms with Gasteiger partial charge in [-0.05, 0) is 22.9 Å². The van der Waals surface area contributed by atoms with Crippen LogP contribution in [0.3, 0.4) is 0 Å². The topological polar surface area (TPSA) is 73.6 Å². The summed E-state index contributed by atoms with van der Waals surface area (Å²) in [6.07, 6.45) is 0. The summed E-state index contributed by atoms with van der Waals surface area (Å²) in [6.45, 7) is 1.04. The third-order valence-electron chi connectivity index (χ3n) is 1.82. The second kappa shape index (κ2) is 4.04. The van der Waals surface area contributed by atoms with Crippen LogP contribution in [-0.2, 0) is 13.2 Å². The maximum Gasteiger partial charge on any atom is 0.142 e. The quantitative estimate of drug-likeness (QED) is 0.678. The molecule has 0 fully saturated rings. The maximum absolute atomic E-state index is 9.48. The Kier molecular flexibility index (Phi) is 3.24. The molecule has 0 saturated heterocycles. The number of aliphatic hydroxyl groups is 2. The molecule has 0 aromatic carbocycles. The van der Waals surface area contributed by atoms with Crippen molar-refractivity contribution in [3.05, 3.63) is 21.4 Å². The van der Waals surface area contributed by atoms with E-state index in [4.69, 9.17) is 10.2 Å². The molecule has 0 spiro atoms. The first kappa shape index (κ1) is 10.4. The predicted octanol–water partition coefficient (Wildman–Crippen LogP) is 0.843. The molecule has 0 amide bonds. The van der Waals surface area contributed by atoms with E-state index in [1.165, 1.54) is 0 Å². The summed E-state index contributed by atoms with van der Waals surface area (Å²) in [5, 5.41) is 27.4. The Labute approximate surface area is 84.0 Å². The van der Waals surface area contributed by atoms with Crippen LogP contribution in [0.4, 0.5) is 0 Å². The summed E-state index contributed by atoms with van der Waals surface area (Å²) < 4.78 is 0.453. The van der Waals surface area contributed by atoms with Crippen LogP contribution < -0.4 is 0 Å². The number of hydrogen-bond donors (Lipinski definition) is 3. The van der Waals surface area contributed by atoms with Crippen LogP contribution >= 0.6 is 15.9 Å². The molecule has 0 saturated carbocycles. The zero-order valence-corrected chi connectivity index (χ0v) is 8.67. The Hall–Kier alpha value is -0.650. The third-order valence-corrected chi connectivity index (χ3v) is 2.48. The Balaban J connectivity index is 3.41. The lowest BCUT2D eigenvalue weighted by atomic mass is 10.1. The Morgan fingerprint density at radius 1 is 1.23 bits per heavy atom. The Bertz CT molecular complexity index is 328. The van der Waals surface area contributed by atoms with Gasteiger partial charge in [-0.2, -0.15) is 0 Å². The van der Waals surface area contributed by atoms with Gasteiger partial charge >= 0.3 is 0 Å². The van der Waals surface area contributed by atoms with Crippen molar-refractivity contribution in [2.24, 2.45) is 0 Å². The lowest BCUT2D eigenvalue weighted by molar-refractivity contribution is 0.253. The number of aromatic nitrogens is 1. The highest BCUT2D eigenvalue weighted by Gasteiger charge is 2.14. The molecular weight excluding hydrogens is 238 g/mol. The average molecular weight is 248 g/mol. The average Bonchev–Trinajstić information content (AvgIpc) is 2.10. The molecule has 0 bridgehead atoms. The smallest absolute Gasteiger partial charge is 0.142 e. The highest BCUT2D eigenvalue weighted by molar-refractivity contribution is 9.10. The van der Waals surface area contributed by atoms with E-state index in [0.717, 1.165) is 0 Å². The SMILES string of the molecule is Cc1nc(Br)c(CO)c(CO)c1O. The molecule has 1 aromatic heterocycles. The molecule has 0 aliphatic carbocycles. The fraction of sp³-hybridized carbons (Fsp3) is 0.375. The summed E-state index contributed by atoms with van der Waals surface area (Å²) in [7, 11) is 0. The van der Waals surface area contributed by atoms with E-state index in [1.807, 2.05) is 0 Å². The van der Waals surface area contributed by atoms with E-state index in [-0.39, 0.29) is 19.0 Å². The zero-order chi connectivity index (χ0) is 10.0. The van der Waals surface area contributed by atoms with E-state index in [2.05, 4.69) is 20.9 Å². The van der Waals surface area contributed by atoms with Crippen molar-refractivity contribution in [3.63, 3.8) is 0 Å². The molecule has 3 N–H and O–H groups in total. The minimum atomic E-state index is -0.316. The van der Waals surface area contributed by atoms with Gasteiger partial charge in [0.15, 0.2) is 0 Å². The van der Waals surface area contributed by atoms with E-state index >= 15 is 0 Å². The van der Waals surface area contributed by atoms with E-state index in [0.29, 0.717) is 21.4 Å². The van der Waals surface area contributed by atoms with Gasteiger partial charge in [-0.15, -0.1) is 0 Å². The summed E-state index contributed by atoms with van der Waals surface area (Å²) in [5.74, 6) is -0.0604. The van der Waals surface area contributed by atoms with Crippen molar-refractivity contribution in [1.29, 1.82) is 0 Å². The molecule has 13 heavy (non-hydrogen) atoms. The highest BCUT2D eigenvalue weighted by atomic mass is 79.9. The first-order valence-electron chi connectivity index (χ1n) is 3.70. The van der Waals surface area contributed by atoms with Crippen LogP contribution in [0, 0.1) is 6.92 Å². The van der Waals surface area contributed by atoms with Gasteiger partial charge in [-0.25, -0.2) is 4.98 Å². The fourth-order valence-corrected chi connectivity index (χ4v) is 1.72. The minimum Gasteiger partial charge on any atom is -0.506 e. The number of aryl methyl sites for hydroxylation is 1. The van der Waals surface area contributed by atoms with Crippen LogP contribution in [0.5, 0.6) is 5.75 Å². The second-order valence-corrected chi connectivity index (χ2v) is 3.36. The Morgan fingerprint density at radius 2 is 1.77 bits per heavy atom. The number of aromatic hydroxyl groups is 1. The number of rotatable bonds is 2. The lowest BCUT2D eigenvalue weighted by Crippen LogP contribution is -2.00. The number of nitrogens with zero attached hydrogens (tertiary/aromatic N) is 1. The van der Waals surface area contributed by atoms with Gasteiger partial charge in [0, 0.05) is 11.1 Å². The van der Waals surface area contributed by atoms with Crippen molar-refractivity contribution in [1.82, 2.24) is 4.98 Å². The fourth-order valence-electron chi connectivity index (χ4n) is 1.08. The number of pyridine rings is 1. The van der Waals surface area contributed by atoms with Gasteiger partial charge in [-0.3, -0.25) is 0 Å². The van der Waals surface area contributed by atoms with Gasteiger partial charge in [0.1, 0.15) is 10.4 Å². The van der Waals surface area contributed by atoms with Gasteiger partial charge in [0.05, 0.1) is 18.9 Å². The van der Waals surface area contributed by atoms with Crippen molar-refractivity contribution >= 4 is 15.9 Å². The molecule has 4 nitrogen and oxygen atoms in total. The van der Waals surface area contributed by atoms with Gasteiger partial charge in [0.25, 0.3) is 0 Å². The van der Waals surface area contributed by atoms with Crippen molar-refractivity contribution in [3.8, 4) is 5.75 Å².